The molecule has 9 heteroatoms. The summed E-state index contributed by atoms with van der Waals surface area (Å²) in [4.78, 5) is 19.2. The second-order valence-corrected chi connectivity index (χ2v) is 10.8. The first-order valence-corrected chi connectivity index (χ1v) is 12.8. The molecule has 2 atom stereocenters. The van der Waals surface area contributed by atoms with E-state index in [2.05, 4.69) is 10.3 Å². The predicted molar refractivity (Wildman–Crippen MR) is 126 cm³/mol. The molecule has 2 aliphatic heterocycles. The highest BCUT2D eigenvalue weighted by Crippen LogP contribution is 2.39. The smallest absolute Gasteiger partial charge is 0.234 e. The molecule has 0 aliphatic carbocycles. The van der Waals surface area contributed by atoms with E-state index in [0.717, 1.165) is 22.5 Å². The third kappa shape index (κ3) is 4.43. The standard InChI is InChI=1S/C22H25N3O4S2/c1-14-7-6-8-16(15(14)2)23-21(26)11-30-22-24-17-12-31(27,28)13-19(17)25(22)18-9-4-5-10-20(18)29-3/h4-10,17,19H,11-13H2,1-3H3,(H,23,26)/t17-,19+/m0/s1. The Morgan fingerprint density at radius 3 is 2.74 bits per heavy atom. The van der Waals surface area contributed by atoms with Crippen LogP contribution in [0, 0.1) is 13.8 Å². The van der Waals surface area contributed by atoms with Gasteiger partial charge in [0.05, 0.1) is 42.1 Å². The number of fused-ring (bicyclic) bond motifs is 1. The Morgan fingerprint density at radius 1 is 1.19 bits per heavy atom. The second-order valence-electron chi connectivity index (χ2n) is 7.75. The van der Waals surface area contributed by atoms with E-state index in [4.69, 9.17) is 4.74 Å². The molecule has 0 aromatic heterocycles. The van der Waals surface area contributed by atoms with Crippen molar-refractivity contribution in [2.24, 2.45) is 4.99 Å². The van der Waals surface area contributed by atoms with Gasteiger partial charge in [-0.1, -0.05) is 36.0 Å². The first-order chi connectivity index (χ1) is 14.8. The summed E-state index contributed by atoms with van der Waals surface area (Å²) in [5.74, 6) is 0.746. The van der Waals surface area contributed by atoms with Crippen LogP contribution in [0.5, 0.6) is 5.75 Å². The van der Waals surface area contributed by atoms with E-state index in [9.17, 15) is 13.2 Å². The lowest BCUT2D eigenvalue weighted by Crippen LogP contribution is -2.39. The van der Waals surface area contributed by atoms with E-state index in [1.807, 2.05) is 61.2 Å². The van der Waals surface area contributed by atoms with Gasteiger partial charge in [0.2, 0.25) is 5.91 Å². The molecule has 4 rings (SSSR count). The van der Waals surface area contributed by atoms with E-state index in [-0.39, 0.29) is 35.2 Å². The fraction of sp³-hybridized carbons (Fsp3) is 0.364. The van der Waals surface area contributed by atoms with Crippen LogP contribution in [0.2, 0.25) is 0 Å². The second kappa shape index (κ2) is 8.55. The normalized spacial score (nSPS) is 21.5. The number of amides is 1. The van der Waals surface area contributed by atoms with Gasteiger partial charge >= 0.3 is 0 Å². The largest absolute Gasteiger partial charge is 0.495 e. The van der Waals surface area contributed by atoms with Crippen LogP contribution in [-0.2, 0) is 14.6 Å². The molecule has 1 fully saturated rings. The van der Waals surface area contributed by atoms with Gasteiger partial charge < -0.3 is 15.0 Å². The average molecular weight is 460 g/mol. The lowest BCUT2D eigenvalue weighted by molar-refractivity contribution is -0.113. The minimum atomic E-state index is -3.15. The summed E-state index contributed by atoms with van der Waals surface area (Å²) in [5.41, 5.74) is 3.70. The van der Waals surface area contributed by atoms with Gasteiger partial charge in [0.25, 0.3) is 0 Å². The van der Waals surface area contributed by atoms with Crippen LogP contribution in [0.4, 0.5) is 11.4 Å². The summed E-state index contributed by atoms with van der Waals surface area (Å²) in [5, 5.41) is 3.61. The summed E-state index contributed by atoms with van der Waals surface area (Å²) < 4.78 is 29.9. The molecular weight excluding hydrogens is 434 g/mol. The van der Waals surface area contributed by atoms with Gasteiger partial charge in [-0.15, -0.1) is 0 Å². The number of para-hydroxylation sites is 2. The van der Waals surface area contributed by atoms with Crippen LogP contribution < -0.4 is 15.0 Å². The lowest BCUT2D eigenvalue weighted by atomic mass is 10.1. The quantitative estimate of drug-likeness (QED) is 0.740. The number of methoxy groups -OCH3 is 1. The van der Waals surface area contributed by atoms with Crippen LogP contribution in [-0.4, -0.2) is 55.9 Å². The molecule has 164 valence electrons. The maximum absolute atomic E-state index is 12.6. The van der Waals surface area contributed by atoms with Gasteiger partial charge in [-0.25, -0.2) is 8.42 Å². The highest BCUT2D eigenvalue weighted by atomic mass is 32.2. The number of nitrogens with zero attached hydrogens (tertiary/aromatic N) is 2. The molecule has 1 N–H and O–H groups in total. The predicted octanol–water partition coefficient (Wildman–Crippen LogP) is 3.03. The topological polar surface area (TPSA) is 88.1 Å². The fourth-order valence-corrected chi connectivity index (χ4v) is 6.71. The number of benzene rings is 2. The highest BCUT2D eigenvalue weighted by molar-refractivity contribution is 8.14. The van der Waals surface area contributed by atoms with Crippen LogP contribution in [0.25, 0.3) is 0 Å². The number of sulfone groups is 1. The Kier molecular flexibility index (Phi) is 5.98. The summed E-state index contributed by atoms with van der Waals surface area (Å²) in [6.07, 6.45) is 0. The number of rotatable bonds is 5. The van der Waals surface area contributed by atoms with Gasteiger partial charge in [-0.05, 0) is 43.2 Å². The van der Waals surface area contributed by atoms with Gasteiger partial charge in [-0.2, -0.15) is 0 Å². The van der Waals surface area contributed by atoms with Gasteiger partial charge in [0.1, 0.15) is 5.75 Å². The van der Waals surface area contributed by atoms with Crippen molar-refractivity contribution in [3.8, 4) is 5.75 Å². The summed E-state index contributed by atoms with van der Waals surface area (Å²) in [7, 11) is -1.57. The first kappa shape index (κ1) is 21.7. The molecule has 1 amide bonds. The number of aliphatic imine (C=N–C) groups is 1. The van der Waals surface area contributed by atoms with Crippen molar-refractivity contribution in [3.63, 3.8) is 0 Å². The van der Waals surface area contributed by atoms with Crippen molar-refractivity contribution in [1.82, 2.24) is 0 Å². The van der Waals surface area contributed by atoms with E-state index in [0.29, 0.717) is 10.9 Å². The molecule has 2 heterocycles. The number of carbonyl (C=O) groups is 1. The van der Waals surface area contributed by atoms with Gasteiger partial charge in [0.15, 0.2) is 15.0 Å². The number of hydrogen-bond acceptors (Lipinski definition) is 7. The highest BCUT2D eigenvalue weighted by Gasteiger charge is 2.47. The van der Waals surface area contributed by atoms with Crippen molar-refractivity contribution >= 4 is 44.0 Å². The Hall–Kier alpha value is -2.52. The molecule has 31 heavy (non-hydrogen) atoms. The molecule has 2 aromatic rings. The number of hydrogen-bond donors (Lipinski definition) is 1. The van der Waals surface area contributed by atoms with E-state index < -0.39 is 9.84 Å². The molecule has 2 aliphatic rings. The summed E-state index contributed by atoms with van der Waals surface area (Å²) in [6.45, 7) is 3.98. The third-order valence-electron chi connectivity index (χ3n) is 5.66. The van der Waals surface area contributed by atoms with Crippen LogP contribution in [0.3, 0.4) is 0 Å². The zero-order valence-electron chi connectivity index (χ0n) is 17.7. The van der Waals surface area contributed by atoms with E-state index in [1.54, 1.807) is 7.11 Å². The molecule has 1 saturated heterocycles. The van der Waals surface area contributed by atoms with E-state index >= 15 is 0 Å². The average Bonchev–Trinajstić information content (AvgIpc) is 3.20. The lowest BCUT2D eigenvalue weighted by Gasteiger charge is -2.27. The van der Waals surface area contributed by atoms with Crippen molar-refractivity contribution < 1.29 is 17.9 Å². The molecule has 0 bridgehead atoms. The third-order valence-corrected chi connectivity index (χ3v) is 8.33. The van der Waals surface area contributed by atoms with Crippen molar-refractivity contribution in [3.05, 3.63) is 53.6 Å². The molecule has 0 saturated carbocycles. The maximum Gasteiger partial charge on any atom is 0.234 e. The monoisotopic (exact) mass is 459 g/mol. The summed E-state index contributed by atoms with van der Waals surface area (Å²) in [6, 6.07) is 12.6. The minimum absolute atomic E-state index is 0.0298. The van der Waals surface area contributed by atoms with Crippen molar-refractivity contribution in [2.75, 3.05) is 34.6 Å². The van der Waals surface area contributed by atoms with Crippen molar-refractivity contribution in [2.45, 2.75) is 25.9 Å². The molecule has 7 nitrogen and oxygen atoms in total. The van der Waals surface area contributed by atoms with Crippen molar-refractivity contribution in [1.29, 1.82) is 0 Å². The first-order valence-electron chi connectivity index (χ1n) is 9.98. The Morgan fingerprint density at radius 2 is 1.97 bits per heavy atom. The Bertz CT molecular complexity index is 1150. The number of amidine groups is 1. The van der Waals surface area contributed by atoms with Crippen LogP contribution in [0.1, 0.15) is 11.1 Å². The number of aryl methyl sites for hydroxylation is 1. The van der Waals surface area contributed by atoms with Gasteiger partial charge in [0, 0.05) is 5.69 Å². The number of carbonyl (C=O) groups excluding carboxylic acids is 1. The number of ether oxygens (including phenoxy) is 1. The SMILES string of the molecule is COc1ccccc1N1C(SCC(=O)Nc2cccc(C)c2C)=N[C@H]2CS(=O)(=O)C[C@H]21. The van der Waals surface area contributed by atoms with Crippen LogP contribution >= 0.6 is 11.8 Å². The number of anilines is 2. The zero-order chi connectivity index (χ0) is 22.2. The Labute approximate surface area is 186 Å². The maximum atomic E-state index is 12.6. The molecule has 2 aromatic carbocycles. The minimum Gasteiger partial charge on any atom is -0.495 e. The number of thioether (sulfide) groups is 1. The van der Waals surface area contributed by atoms with E-state index in [1.165, 1.54) is 11.8 Å². The van der Waals surface area contributed by atoms with Crippen LogP contribution in [0.15, 0.2) is 47.5 Å². The fourth-order valence-electron chi connectivity index (χ4n) is 3.95. The molecule has 0 spiro atoms. The molecule has 0 unspecified atom stereocenters. The zero-order valence-corrected chi connectivity index (χ0v) is 19.3. The van der Waals surface area contributed by atoms with Gasteiger partial charge in [-0.3, -0.25) is 9.79 Å². The molecule has 0 radical (unpaired) electrons. The summed E-state index contributed by atoms with van der Waals surface area (Å²) >= 11 is 1.31. The Balaban J connectivity index is 1.54. The number of nitrogens with one attached hydrogen (secondary N) is 1. The molecular formula is C22H25N3O4S2.